The maximum Gasteiger partial charge on any atom is 0.299 e. The molecule has 0 aliphatic carbocycles. The summed E-state index contributed by atoms with van der Waals surface area (Å²) < 4.78 is 3.50. The molecule has 4 aromatic rings. The summed E-state index contributed by atoms with van der Waals surface area (Å²) in [4.78, 5) is 22.7. The third kappa shape index (κ3) is 3.66. The van der Waals surface area contributed by atoms with Gasteiger partial charge in [0.2, 0.25) is 0 Å². The van der Waals surface area contributed by atoms with E-state index >= 15 is 0 Å². The molecule has 0 N–H and O–H groups in total. The van der Waals surface area contributed by atoms with E-state index in [0.717, 1.165) is 28.2 Å². The molecule has 0 fully saturated rings. The minimum Gasteiger partial charge on any atom is -0.359 e. The van der Waals surface area contributed by atoms with Crippen LogP contribution in [0.25, 0.3) is 16.5 Å². The molecule has 5 rings (SSSR count). The van der Waals surface area contributed by atoms with Gasteiger partial charge >= 0.3 is 0 Å². The van der Waals surface area contributed by atoms with Crippen LogP contribution in [0.2, 0.25) is 0 Å². The molecule has 1 aliphatic heterocycles. The lowest BCUT2D eigenvalue weighted by molar-refractivity contribution is 0.298. The van der Waals surface area contributed by atoms with Gasteiger partial charge in [0.15, 0.2) is 11.6 Å². The third-order valence-electron chi connectivity index (χ3n) is 8.13. The Balaban J connectivity index is 1.91. The molecule has 8 bridgehead atoms. The maximum absolute atomic E-state index is 7.92. The summed E-state index contributed by atoms with van der Waals surface area (Å²) in [5.41, 5.74) is 2.67. The van der Waals surface area contributed by atoms with E-state index in [0.29, 0.717) is 17.5 Å². The van der Waals surface area contributed by atoms with Crippen molar-refractivity contribution < 1.29 is 0 Å². The van der Waals surface area contributed by atoms with Crippen LogP contribution in [0.4, 0.5) is 5.82 Å². The maximum atomic E-state index is 7.92. The highest BCUT2D eigenvalue weighted by molar-refractivity contribution is 5.53. The standard InChI is InChI=1S/C28H33N9/c1-25(2,3)23-17-15-36(34-23)21-13-30-11-19(32-21)26(4,5)20-12-31-14-22(33-20)37-16-18(24(29-10)35-37)28(8,9)27(17,6)7/h11-16H,1-9H3. The SMILES string of the molecule is [C-]#[N+]c1nn2cc1C(C)(C)C(C)(C)c1cn(nc1C(C)(C)C)-c1cncc(n1)C(C)(C)c1cncc-2n1. The molecule has 37 heavy (non-hydrogen) atoms. The van der Waals surface area contributed by atoms with Crippen LogP contribution >= 0.6 is 0 Å². The molecule has 0 atom stereocenters. The van der Waals surface area contributed by atoms with E-state index in [2.05, 4.69) is 74.6 Å². The summed E-state index contributed by atoms with van der Waals surface area (Å²) in [6.07, 6.45) is 10.9. The van der Waals surface area contributed by atoms with Gasteiger partial charge in [-0.15, -0.1) is 4.68 Å². The van der Waals surface area contributed by atoms with Gasteiger partial charge < -0.3 is 4.85 Å². The fraction of sp³-hybridized carbons (Fsp3) is 0.464. The highest BCUT2D eigenvalue weighted by Crippen LogP contribution is 2.49. The van der Waals surface area contributed by atoms with E-state index in [1.807, 2.05) is 24.7 Å². The number of rotatable bonds is 0. The van der Waals surface area contributed by atoms with Gasteiger partial charge in [0.05, 0.1) is 34.9 Å². The normalized spacial score (nSPS) is 17.4. The summed E-state index contributed by atoms with van der Waals surface area (Å²) in [5.74, 6) is 1.55. The van der Waals surface area contributed by atoms with Gasteiger partial charge in [0.1, 0.15) is 0 Å². The Morgan fingerprint density at radius 1 is 0.730 bits per heavy atom. The highest BCUT2D eigenvalue weighted by atomic mass is 15.3. The van der Waals surface area contributed by atoms with Crippen molar-refractivity contribution in [3.05, 3.63) is 76.8 Å². The number of hydrogen-bond acceptors (Lipinski definition) is 6. The topological polar surface area (TPSA) is 91.6 Å². The van der Waals surface area contributed by atoms with Gasteiger partial charge in [-0.05, 0) is 24.4 Å². The number of hydrogen-bond donors (Lipinski definition) is 0. The van der Waals surface area contributed by atoms with Crippen LogP contribution in [0, 0.1) is 6.57 Å². The molecule has 5 heterocycles. The lowest BCUT2D eigenvalue weighted by atomic mass is 9.60. The zero-order chi connectivity index (χ0) is 27.0. The lowest BCUT2D eigenvalue weighted by Gasteiger charge is -2.43. The van der Waals surface area contributed by atoms with E-state index in [1.165, 1.54) is 0 Å². The van der Waals surface area contributed by atoms with Gasteiger partial charge in [-0.1, -0.05) is 55.0 Å². The van der Waals surface area contributed by atoms with Crippen molar-refractivity contribution in [3.8, 4) is 11.6 Å². The Labute approximate surface area is 217 Å². The van der Waals surface area contributed by atoms with Crippen LogP contribution in [-0.4, -0.2) is 39.5 Å². The quantitative estimate of drug-likeness (QED) is 0.304. The molecule has 1 aliphatic rings. The Morgan fingerprint density at radius 2 is 1.22 bits per heavy atom. The molecule has 0 amide bonds. The number of nitrogens with zero attached hydrogens (tertiary/aromatic N) is 9. The molecular formula is C28H33N9. The third-order valence-corrected chi connectivity index (χ3v) is 8.13. The minimum atomic E-state index is -0.591. The van der Waals surface area contributed by atoms with Gasteiger partial charge in [0, 0.05) is 46.7 Å². The molecule has 0 aromatic carbocycles. The smallest absolute Gasteiger partial charge is 0.299 e. The molecule has 0 spiro atoms. The van der Waals surface area contributed by atoms with Crippen LogP contribution in [0.1, 0.15) is 90.5 Å². The highest BCUT2D eigenvalue weighted by Gasteiger charge is 2.46. The van der Waals surface area contributed by atoms with Crippen molar-refractivity contribution >= 4 is 5.82 Å². The van der Waals surface area contributed by atoms with E-state index in [9.17, 15) is 0 Å². The van der Waals surface area contributed by atoms with Gasteiger partial charge in [-0.2, -0.15) is 5.10 Å². The first kappa shape index (κ1) is 24.8. The molecule has 0 radical (unpaired) electrons. The molecule has 4 aromatic heterocycles. The monoisotopic (exact) mass is 495 g/mol. The summed E-state index contributed by atoms with van der Waals surface area (Å²) in [6.45, 7) is 27.3. The molecule has 9 nitrogen and oxygen atoms in total. The largest absolute Gasteiger partial charge is 0.359 e. The van der Waals surface area contributed by atoms with Crippen molar-refractivity contribution in [2.75, 3.05) is 0 Å². The summed E-state index contributed by atoms with van der Waals surface area (Å²) in [6, 6.07) is 0. The predicted octanol–water partition coefficient (Wildman–Crippen LogP) is 5.38. The zero-order valence-electron chi connectivity index (χ0n) is 23.0. The summed E-state index contributed by atoms with van der Waals surface area (Å²) in [5, 5.41) is 9.71. The first-order valence-electron chi connectivity index (χ1n) is 12.4. The number of fused-ring (bicyclic) bond motifs is 10. The molecule has 190 valence electrons. The molecule has 0 unspecified atom stereocenters. The second-order valence-corrected chi connectivity index (χ2v) is 12.4. The molecule has 9 heteroatoms. The van der Waals surface area contributed by atoms with Crippen LogP contribution < -0.4 is 0 Å². The fourth-order valence-electron chi connectivity index (χ4n) is 4.85. The Bertz CT molecular complexity index is 1550. The van der Waals surface area contributed by atoms with Gasteiger partial charge in [0.25, 0.3) is 5.82 Å². The Morgan fingerprint density at radius 3 is 1.73 bits per heavy atom. The van der Waals surface area contributed by atoms with Crippen molar-refractivity contribution in [2.45, 2.75) is 84.0 Å². The van der Waals surface area contributed by atoms with Crippen LogP contribution in [0.3, 0.4) is 0 Å². The predicted molar refractivity (Wildman–Crippen MR) is 141 cm³/mol. The van der Waals surface area contributed by atoms with Crippen LogP contribution in [-0.2, 0) is 21.7 Å². The average Bonchev–Trinajstić information content (AvgIpc) is 3.49. The number of aromatic nitrogens is 8. The van der Waals surface area contributed by atoms with E-state index in [1.54, 1.807) is 29.5 Å². The first-order chi connectivity index (χ1) is 17.2. The van der Waals surface area contributed by atoms with Crippen molar-refractivity contribution in [1.29, 1.82) is 0 Å². The zero-order valence-corrected chi connectivity index (χ0v) is 23.0. The van der Waals surface area contributed by atoms with Crippen molar-refractivity contribution in [1.82, 2.24) is 39.5 Å². The second kappa shape index (κ2) is 7.78. The summed E-state index contributed by atoms with van der Waals surface area (Å²) in [7, 11) is 0. The first-order valence-corrected chi connectivity index (χ1v) is 12.4. The average molecular weight is 496 g/mol. The van der Waals surface area contributed by atoms with Crippen LogP contribution in [0.15, 0.2) is 37.2 Å². The van der Waals surface area contributed by atoms with E-state index in [4.69, 9.17) is 21.6 Å². The van der Waals surface area contributed by atoms with E-state index < -0.39 is 16.2 Å². The minimum absolute atomic E-state index is 0.219. The Hall–Kier alpha value is -3.93. The van der Waals surface area contributed by atoms with Crippen molar-refractivity contribution in [2.24, 2.45) is 0 Å². The van der Waals surface area contributed by atoms with Crippen molar-refractivity contribution in [3.63, 3.8) is 0 Å². The molecule has 0 saturated carbocycles. The Kier molecular flexibility index (Phi) is 5.21. The second-order valence-electron chi connectivity index (χ2n) is 12.4. The molecule has 0 saturated heterocycles. The molecular weight excluding hydrogens is 462 g/mol. The fourth-order valence-corrected chi connectivity index (χ4v) is 4.85. The van der Waals surface area contributed by atoms with Gasteiger partial charge in [-0.3, -0.25) is 9.97 Å². The lowest BCUT2D eigenvalue weighted by Crippen LogP contribution is -2.41. The van der Waals surface area contributed by atoms with Crippen LogP contribution in [0.5, 0.6) is 0 Å². The van der Waals surface area contributed by atoms with Gasteiger partial charge in [-0.25, -0.2) is 14.6 Å². The summed E-state index contributed by atoms with van der Waals surface area (Å²) >= 11 is 0. The van der Waals surface area contributed by atoms with E-state index in [-0.39, 0.29) is 5.41 Å².